The zero-order valence-electron chi connectivity index (χ0n) is 11.7. The van der Waals surface area contributed by atoms with E-state index in [0.717, 1.165) is 25.9 Å². The van der Waals surface area contributed by atoms with E-state index in [1.54, 1.807) is 0 Å². The molecule has 3 unspecified atom stereocenters. The van der Waals surface area contributed by atoms with E-state index in [1.807, 2.05) is 7.11 Å². The summed E-state index contributed by atoms with van der Waals surface area (Å²) in [5.74, 6) is 0. The monoisotopic (exact) mass is 260 g/mol. The number of benzene rings is 1. The van der Waals surface area contributed by atoms with Crippen LogP contribution in [0.2, 0.25) is 0 Å². The number of hydrogen-bond donors (Lipinski definition) is 1. The molecule has 0 bridgehead atoms. The van der Waals surface area contributed by atoms with Crippen LogP contribution in [0.5, 0.6) is 0 Å². The normalized spacial score (nSPS) is 31.4. The lowest BCUT2D eigenvalue weighted by atomic mass is 9.95. The SMILES string of the molecule is COC1CCN(C2CCc3ccccc32)C(CN)C1. The first kappa shape index (κ1) is 13.1. The van der Waals surface area contributed by atoms with Gasteiger partial charge in [0.1, 0.15) is 0 Å². The minimum absolute atomic E-state index is 0.390. The van der Waals surface area contributed by atoms with E-state index in [1.165, 1.54) is 24.0 Å². The van der Waals surface area contributed by atoms with E-state index >= 15 is 0 Å². The largest absolute Gasteiger partial charge is 0.381 e. The fourth-order valence-electron chi connectivity index (χ4n) is 3.77. The Morgan fingerprint density at radius 2 is 2.16 bits per heavy atom. The molecular weight excluding hydrogens is 236 g/mol. The van der Waals surface area contributed by atoms with E-state index in [9.17, 15) is 0 Å². The van der Waals surface area contributed by atoms with Gasteiger partial charge in [0.2, 0.25) is 0 Å². The van der Waals surface area contributed by atoms with Crippen LogP contribution in [0.1, 0.15) is 36.4 Å². The summed E-state index contributed by atoms with van der Waals surface area (Å²) in [7, 11) is 1.82. The zero-order valence-corrected chi connectivity index (χ0v) is 11.7. The summed E-state index contributed by atoms with van der Waals surface area (Å²) in [6.45, 7) is 1.85. The van der Waals surface area contributed by atoms with Crippen molar-refractivity contribution in [3.63, 3.8) is 0 Å². The Morgan fingerprint density at radius 1 is 1.32 bits per heavy atom. The standard InChI is InChI=1S/C16H24N2O/c1-19-14-8-9-18(13(10-14)11-17)16-7-6-12-4-2-3-5-15(12)16/h2-5,13-14,16H,6-11,17H2,1H3. The molecule has 1 heterocycles. The van der Waals surface area contributed by atoms with E-state index in [0.29, 0.717) is 18.2 Å². The lowest BCUT2D eigenvalue weighted by Gasteiger charge is -2.42. The highest BCUT2D eigenvalue weighted by Gasteiger charge is 2.35. The molecular formula is C16H24N2O. The summed E-state index contributed by atoms with van der Waals surface area (Å²) < 4.78 is 5.52. The van der Waals surface area contributed by atoms with Crippen molar-refractivity contribution in [2.24, 2.45) is 5.73 Å². The number of methoxy groups -OCH3 is 1. The third-order valence-corrected chi connectivity index (χ3v) is 4.82. The molecule has 0 amide bonds. The first-order valence-corrected chi connectivity index (χ1v) is 7.40. The molecule has 3 heteroatoms. The molecule has 2 N–H and O–H groups in total. The van der Waals surface area contributed by atoms with Gasteiger partial charge in [0.05, 0.1) is 6.10 Å². The van der Waals surface area contributed by atoms with E-state index < -0.39 is 0 Å². The van der Waals surface area contributed by atoms with Gasteiger partial charge in [0, 0.05) is 32.3 Å². The predicted octanol–water partition coefficient (Wildman–Crippen LogP) is 2.11. The topological polar surface area (TPSA) is 38.5 Å². The van der Waals surface area contributed by atoms with Gasteiger partial charge in [-0.25, -0.2) is 0 Å². The molecule has 0 saturated carbocycles. The summed E-state index contributed by atoms with van der Waals surface area (Å²) in [4.78, 5) is 2.63. The highest BCUT2D eigenvalue weighted by Crippen LogP contribution is 2.38. The van der Waals surface area contributed by atoms with E-state index in [2.05, 4.69) is 29.2 Å². The minimum atomic E-state index is 0.390. The average molecular weight is 260 g/mol. The lowest BCUT2D eigenvalue weighted by molar-refractivity contribution is -0.00451. The molecule has 19 heavy (non-hydrogen) atoms. The maximum atomic E-state index is 6.00. The number of fused-ring (bicyclic) bond motifs is 1. The van der Waals surface area contributed by atoms with Crippen molar-refractivity contribution in [3.05, 3.63) is 35.4 Å². The molecule has 104 valence electrons. The first-order chi connectivity index (χ1) is 9.33. The molecule has 1 saturated heterocycles. The molecule has 1 aromatic rings. The Labute approximate surface area is 115 Å². The Hall–Kier alpha value is -0.900. The van der Waals surface area contributed by atoms with Gasteiger partial charge in [-0.3, -0.25) is 4.90 Å². The van der Waals surface area contributed by atoms with E-state index in [-0.39, 0.29) is 0 Å². The number of nitrogens with two attached hydrogens (primary N) is 1. The molecule has 1 fully saturated rings. The van der Waals surface area contributed by atoms with Crippen LogP contribution in [0.3, 0.4) is 0 Å². The van der Waals surface area contributed by atoms with Gasteiger partial charge in [-0.2, -0.15) is 0 Å². The van der Waals surface area contributed by atoms with Gasteiger partial charge in [0.25, 0.3) is 0 Å². The fraction of sp³-hybridized carbons (Fsp3) is 0.625. The van der Waals surface area contributed by atoms with Crippen LogP contribution in [-0.4, -0.2) is 37.2 Å². The Bertz CT molecular complexity index is 435. The summed E-state index contributed by atoms with van der Waals surface area (Å²) in [6, 6.07) is 9.92. The van der Waals surface area contributed by atoms with Gasteiger partial charge < -0.3 is 10.5 Å². The molecule has 0 radical (unpaired) electrons. The van der Waals surface area contributed by atoms with Crippen molar-refractivity contribution in [2.75, 3.05) is 20.2 Å². The molecule has 0 spiro atoms. The number of rotatable bonds is 3. The Kier molecular flexibility index (Phi) is 3.87. The van der Waals surface area contributed by atoms with Crippen molar-refractivity contribution in [1.82, 2.24) is 4.90 Å². The maximum Gasteiger partial charge on any atom is 0.0599 e. The van der Waals surface area contributed by atoms with Crippen molar-refractivity contribution < 1.29 is 4.74 Å². The highest BCUT2D eigenvalue weighted by atomic mass is 16.5. The molecule has 3 rings (SSSR count). The van der Waals surface area contributed by atoms with Gasteiger partial charge in [-0.05, 0) is 36.8 Å². The molecule has 3 atom stereocenters. The van der Waals surface area contributed by atoms with Crippen molar-refractivity contribution in [1.29, 1.82) is 0 Å². The van der Waals surface area contributed by atoms with Crippen LogP contribution in [0.4, 0.5) is 0 Å². The zero-order chi connectivity index (χ0) is 13.2. The molecule has 1 aliphatic heterocycles. The average Bonchev–Trinajstić information content (AvgIpc) is 2.90. The maximum absolute atomic E-state index is 6.00. The van der Waals surface area contributed by atoms with Gasteiger partial charge in [-0.1, -0.05) is 24.3 Å². The second kappa shape index (κ2) is 5.61. The van der Waals surface area contributed by atoms with Gasteiger partial charge >= 0.3 is 0 Å². The minimum Gasteiger partial charge on any atom is -0.381 e. The van der Waals surface area contributed by atoms with Gasteiger partial charge in [-0.15, -0.1) is 0 Å². The Balaban J connectivity index is 1.79. The summed E-state index contributed by atoms with van der Waals surface area (Å²) >= 11 is 0. The summed E-state index contributed by atoms with van der Waals surface area (Å²) in [6.07, 6.45) is 5.05. The predicted molar refractivity (Wildman–Crippen MR) is 77.1 cm³/mol. The lowest BCUT2D eigenvalue weighted by Crippen LogP contribution is -2.49. The first-order valence-electron chi connectivity index (χ1n) is 7.40. The third kappa shape index (κ3) is 2.42. The summed E-state index contributed by atoms with van der Waals surface area (Å²) in [5.41, 5.74) is 9.05. The molecule has 2 aliphatic rings. The van der Waals surface area contributed by atoms with Crippen LogP contribution in [0, 0.1) is 0 Å². The molecule has 1 aliphatic carbocycles. The van der Waals surface area contributed by atoms with Crippen LogP contribution in [-0.2, 0) is 11.2 Å². The quantitative estimate of drug-likeness (QED) is 0.904. The van der Waals surface area contributed by atoms with Crippen molar-refractivity contribution in [2.45, 2.75) is 43.9 Å². The molecule has 3 nitrogen and oxygen atoms in total. The Morgan fingerprint density at radius 3 is 2.95 bits per heavy atom. The van der Waals surface area contributed by atoms with Crippen LogP contribution >= 0.6 is 0 Å². The number of aryl methyl sites for hydroxylation is 1. The van der Waals surface area contributed by atoms with Crippen LogP contribution < -0.4 is 5.73 Å². The second-order valence-corrected chi connectivity index (χ2v) is 5.76. The fourth-order valence-corrected chi connectivity index (χ4v) is 3.77. The third-order valence-electron chi connectivity index (χ3n) is 4.82. The molecule has 1 aromatic carbocycles. The van der Waals surface area contributed by atoms with Crippen molar-refractivity contribution in [3.8, 4) is 0 Å². The number of hydrogen-bond acceptors (Lipinski definition) is 3. The number of likely N-dealkylation sites (tertiary alicyclic amines) is 1. The molecule has 0 aromatic heterocycles. The van der Waals surface area contributed by atoms with E-state index in [4.69, 9.17) is 10.5 Å². The number of ether oxygens (including phenoxy) is 1. The van der Waals surface area contributed by atoms with Crippen molar-refractivity contribution >= 4 is 0 Å². The number of piperidine rings is 1. The second-order valence-electron chi connectivity index (χ2n) is 5.76. The highest BCUT2D eigenvalue weighted by molar-refractivity contribution is 5.34. The van der Waals surface area contributed by atoms with Gasteiger partial charge in [0.15, 0.2) is 0 Å². The van der Waals surface area contributed by atoms with Crippen LogP contribution in [0.15, 0.2) is 24.3 Å². The number of nitrogens with zero attached hydrogens (tertiary/aromatic N) is 1. The summed E-state index contributed by atoms with van der Waals surface area (Å²) in [5, 5.41) is 0. The smallest absolute Gasteiger partial charge is 0.0599 e. The van der Waals surface area contributed by atoms with Crippen LogP contribution in [0.25, 0.3) is 0 Å².